The average Bonchev–Trinajstić information content (AvgIpc) is 2.74. The van der Waals surface area contributed by atoms with E-state index in [1.165, 1.54) is 38.2 Å². The van der Waals surface area contributed by atoms with E-state index in [-0.39, 0.29) is 10.8 Å². The van der Waals surface area contributed by atoms with Gasteiger partial charge in [0.05, 0.1) is 0 Å². The summed E-state index contributed by atoms with van der Waals surface area (Å²) in [5.41, 5.74) is 4.33. The predicted octanol–water partition coefficient (Wildman–Crippen LogP) is 8.18. The van der Waals surface area contributed by atoms with Gasteiger partial charge in [-0.3, -0.25) is 0 Å². The molecule has 0 unspecified atom stereocenters. The van der Waals surface area contributed by atoms with Gasteiger partial charge in [0.15, 0.2) is 0 Å². The highest BCUT2D eigenvalue weighted by Crippen LogP contribution is 2.46. The number of fused-ring (bicyclic) bond motifs is 2. The third-order valence-corrected chi connectivity index (χ3v) is 7.74. The van der Waals surface area contributed by atoms with Gasteiger partial charge in [-0.2, -0.15) is 12.6 Å². The fourth-order valence-electron chi connectivity index (χ4n) is 4.22. The van der Waals surface area contributed by atoms with Crippen molar-refractivity contribution < 1.29 is 0 Å². The Morgan fingerprint density at radius 3 is 1.52 bits per heavy atom. The van der Waals surface area contributed by atoms with Crippen molar-refractivity contribution in [3.8, 4) is 11.1 Å². The van der Waals surface area contributed by atoms with Crippen molar-refractivity contribution in [2.75, 3.05) is 5.75 Å². The monoisotopic (exact) mass is 398 g/mol. The summed E-state index contributed by atoms with van der Waals surface area (Å²) in [7, 11) is 0. The normalized spacial score (nSPS) is 12.6. The number of thiol groups is 1. The van der Waals surface area contributed by atoms with Crippen molar-refractivity contribution in [3.05, 3.63) is 84.4 Å². The molecule has 0 spiro atoms. The summed E-state index contributed by atoms with van der Waals surface area (Å²) < 4.78 is 0. The van der Waals surface area contributed by atoms with Crippen molar-refractivity contribution in [2.24, 2.45) is 10.8 Å². The topological polar surface area (TPSA) is 0 Å². The molecule has 1 heteroatoms. The van der Waals surface area contributed by atoms with Crippen LogP contribution in [-0.4, -0.2) is 5.75 Å². The number of benzene rings is 4. The van der Waals surface area contributed by atoms with E-state index in [4.69, 9.17) is 0 Å². The SMILES string of the molecule is CC(C)(CS)C(C)(C)Cc1c2ccccc2c(-c2ccccc2)c2ccccc12. The maximum Gasteiger partial charge on any atom is -0.00266 e. The molecular formula is C28H30S. The van der Waals surface area contributed by atoms with Gasteiger partial charge in [-0.25, -0.2) is 0 Å². The van der Waals surface area contributed by atoms with Crippen LogP contribution in [0.3, 0.4) is 0 Å². The van der Waals surface area contributed by atoms with E-state index in [9.17, 15) is 0 Å². The molecule has 4 aromatic rings. The smallest absolute Gasteiger partial charge is 0.00266 e. The van der Waals surface area contributed by atoms with Crippen LogP contribution in [0, 0.1) is 10.8 Å². The average molecular weight is 399 g/mol. The van der Waals surface area contributed by atoms with Crippen LogP contribution in [0.5, 0.6) is 0 Å². The summed E-state index contributed by atoms with van der Waals surface area (Å²) in [6, 6.07) is 28.6. The lowest BCUT2D eigenvalue weighted by molar-refractivity contribution is 0.139. The minimum atomic E-state index is 0.120. The first-order chi connectivity index (χ1) is 13.9. The van der Waals surface area contributed by atoms with E-state index in [2.05, 4.69) is 119 Å². The van der Waals surface area contributed by atoms with Gasteiger partial charge in [-0.05, 0) is 61.2 Å². The predicted molar refractivity (Wildman–Crippen MR) is 132 cm³/mol. The van der Waals surface area contributed by atoms with Crippen LogP contribution < -0.4 is 0 Å². The third kappa shape index (κ3) is 3.46. The number of hydrogen-bond donors (Lipinski definition) is 1. The Bertz CT molecular complexity index is 1100. The van der Waals surface area contributed by atoms with E-state index < -0.39 is 0 Å². The molecule has 148 valence electrons. The van der Waals surface area contributed by atoms with E-state index in [1.807, 2.05) is 0 Å². The number of rotatable bonds is 5. The standard InChI is InChI=1S/C28H30S/c1-27(2,28(3,4)19-29)18-25-21-14-8-10-16-23(21)26(20-12-6-5-7-13-20)24-17-11-9-15-22(24)25/h5-17,29H,18-19H2,1-4H3. The molecule has 4 aromatic carbocycles. The fourth-order valence-corrected chi connectivity index (χ4v) is 4.65. The van der Waals surface area contributed by atoms with Gasteiger partial charge in [0.2, 0.25) is 0 Å². The molecule has 4 rings (SSSR count). The Hall–Kier alpha value is -2.25. The lowest BCUT2D eigenvalue weighted by atomic mass is 9.65. The molecule has 0 saturated heterocycles. The van der Waals surface area contributed by atoms with Crippen molar-refractivity contribution in [2.45, 2.75) is 34.1 Å². The first-order valence-electron chi connectivity index (χ1n) is 10.4. The molecule has 0 aromatic heterocycles. The second kappa shape index (κ2) is 7.54. The Kier molecular flexibility index (Phi) is 5.21. The van der Waals surface area contributed by atoms with E-state index in [0.29, 0.717) is 0 Å². The summed E-state index contributed by atoms with van der Waals surface area (Å²) in [5.74, 6) is 0.873. The molecule has 0 amide bonds. The van der Waals surface area contributed by atoms with Crippen molar-refractivity contribution in [1.82, 2.24) is 0 Å². The fraction of sp³-hybridized carbons (Fsp3) is 0.286. The summed E-state index contributed by atoms with van der Waals surface area (Å²) in [4.78, 5) is 0. The second-order valence-electron chi connectivity index (χ2n) is 9.41. The van der Waals surface area contributed by atoms with Crippen molar-refractivity contribution >= 4 is 34.2 Å². The molecule has 0 aliphatic heterocycles. The highest BCUT2D eigenvalue weighted by atomic mass is 32.1. The Labute approximate surface area is 180 Å². The molecular weight excluding hydrogens is 368 g/mol. The highest BCUT2D eigenvalue weighted by Gasteiger charge is 2.36. The Morgan fingerprint density at radius 2 is 1.03 bits per heavy atom. The third-order valence-electron chi connectivity index (χ3n) is 6.95. The summed E-state index contributed by atoms with van der Waals surface area (Å²) in [6.07, 6.45) is 1.02. The van der Waals surface area contributed by atoms with E-state index >= 15 is 0 Å². The summed E-state index contributed by atoms with van der Waals surface area (Å²) in [6.45, 7) is 9.45. The van der Waals surface area contributed by atoms with Gasteiger partial charge in [-0.15, -0.1) is 0 Å². The van der Waals surface area contributed by atoms with Crippen LogP contribution >= 0.6 is 12.6 Å². The maximum absolute atomic E-state index is 4.67. The van der Waals surface area contributed by atoms with Crippen LogP contribution in [0.4, 0.5) is 0 Å². The second-order valence-corrected chi connectivity index (χ2v) is 9.73. The van der Waals surface area contributed by atoms with Crippen molar-refractivity contribution in [3.63, 3.8) is 0 Å². The molecule has 0 bridgehead atoms. The van der Waals surface area contributed by atoms with Gasteiger partial charge < -0.3 is 0 Å². The molecule has 0 nitrogen and oxygen atoms in total. The van der Waals surface area contributed by atoms with Crippen molar-refractivity contribution in [1.29, 1.82) is 0 Å². The first-order valence-corrected chi connectivity index (χ1v) is 11.1. The minimum absolute atomic E-state index is 0.120. The molecule has 0 aliphatic carbocycles. The molecule has 0 aliphatic rings. The largest absolute Gasteiger partial charge is 0.179 e. The summed E-state index contributed by atoms with van der Waals surface area (Å²) in [5, 5.41) is 5.42. The molecule has 0 saturated carbocycles. The van der Waals surface area contributed by atoms with Crippen LogP contribution in [0.25, 0.3) is 32.7 Å². The van der Waals surface area contributed by atoms with Gasteiger partial charge in [0.25, 0.3) is 0 Å². The molecule has 29 heavy (non-hydrogen) atoms. The van der Waals surface area contributed by atoms with Gasteiger partial charge >= 0.3 is 0 Å². The van der Waals surface area contributed by atoms with Crippen LogP contribution in [0.15, 0.2) is 78.9 Å². The lowest BCUT2D eigenvalue weighted by Gasteiger charge is -2.41. The summed E-state index contributed by atoms with van der Waals surface area (Å²) >= 11 is 4.67. The highest BCUT2D eigenvalue weighted by molar-refractivity contribution is 7.80. The van der Waals surface area contributed by atoms with Crippen LogP contribution in [0.1, 0.15) is 33.3 Å². The molecule has 0 N–H and O–H groups in total. The van der Waals surface area contributed by atoms with E-state index in [1.54, 1.807) is 0 Å². The zero-order chi connectivity index (χ0) is 20.6. The van der Waals surface area contributed by atoms with Crippen LogP contribution in [-0.2, 0) is 6.42 Å². The van der Waals surface area contributed by atoms with Gasteiger partial charge in [-0.1, -0.05) is 107 Å². The van der Waals surface area contributed by atoms with Crippen LogP contribution in [0.2, 0.25) is 0 Å². The van der Waals surface area contributed by atoms with E-state index in [0.717, 1.165) is 12.2 Å². The van der Waals surface area contributed by atoms with Gasteiger partial charge in [0.1, 0.15) is 0 Å². The molecule has 0 atom stereocenters. The molecule has 0 fully saturated rings. The Morgan fingerprint density at radius 1 is 0.586 bits per heavy atom. The Balaban J connectivity index is 2.07. The zero-order valence-corrected chi connectivity index (χ0v) is 18.8. The molecule has 0 heterocycles. The lowest BCUT2D eigenvalue weighted by Crippen LogP contribution is -2.36. The maximum atomic E-state index is 4.67. The quantitative estimate of drug-likeness (QED) is 0.254. The molecule has 0 radical (unpaired) electrons. The first kappa shape index (κ1) is 20.0. The van der Waals surface area contributed by atoms with Gasteiger partial charge in [0, 0.05) is 0 Å². The zero-order valence-electron chi connectivity index (χ0n) is 17.9. The minimum Gasteiger partial charge on any atom is -0.179 e. The number of hydrogen-bond acceptors (Lipinski definition) is 1.